The zero-order valence-corrected chi connectivity index (χ0v) is 8.34. The van der Waals surface area contributed by atoms with Gasteiger partial charge in [0, 0.05) is 11.3 Å². The van der Waals surface area contributed by atoms with Gasteiger partial charge in [-0.15, -0.1) is 0 Å². The molecule has 14 heavy (non-hydrogen) atoms. The Hall–Kier alpha value is -1.30. The predicted octanol–water partition coefficient (Wildman–Crippen LogP) is 0.0259. The summed E-state index contributed by atoms with van der Waals surface area (Å²) in [5.41, 5.74) is 1.70. The topological polar surface area (TPSA) is 77.0 Å². The lowest BCUT2D eigenvalue weighted by atomic mass is 10.2. The monoisotopic (exact) mass is 212 g/mol. The standard InChI is InChI=1S/C8H8N2O3S/c1-5-6-3-14(12,13)4-7(6)10-8(2-11)9-5/h2H,3-4H2,1H3. The molecule has 0 saturated heterocycles. The first-order chi connectivity index (χ1) is 6.52. The van der Waals surface area contributed by atoms with Crippen LogP contribution in [-0.4, -0.2) is 24.7 Å². The Balaban J connectivity index is 2.63. The van der Waals surface area contributed by atoms with Gasteiger partial charge in [0.15, 0.2) is 21.9 Å². The number of fused-ring (bicyclic) bond motifs is 1. The normalized spacial score (nSPS) is 17.8. The molecular weight excluding hydrogens is 204 g/mol. The van der Waals surface area contributed by atoms with Crippen molar-refractivity contribution in [3.8, 4) is 0 Å². The Morgan fingerprint density at radius 1 is 1.29 bits per heavy atom. The zero-order valence-electron chi connectivity index (χ0n) is 7.52. The van der Waals surface area contributed by atoms with Crippen molar-refractivity contribution in [2.75, 3.05) is 0 Å². The van der Waals surface area contributed by atoms with E-state index >= 15 is 0 Å². The highest BCUT2D eigenvalue weighted by molar-refractivity contribution is 7.90. The van der Waals surface area contributed by atoms with Crippen molar-refractivity contribution in [2.24, 2.45) is 0 Å². The predicted molar refractivity (Wildman–Crippen MR) is 48.5 cm³/mol. The molecule has 2 heterocycles. The van der Waals surface area contributed by atoms with Crippen molar-refractivity contribution in [3.63, 3.8) is 0 Å². The molecule has 0 spiro atoms. The average molecular weight is 212 g/mol. The minimum atomic E-state index is -3.07. The number of nitrogens with zero attached hydrogens (tertiary/aromatic N) is 2. The summed E-state index contributed by atoms with van der Waals surface area (Å²) in [5, 5.41) is 0. The Bertz CT molecular complexity index is 508. The molecular formula is C8H8N2O3S. The van der Waals surface area contributed by atoms with Gasteiger partial charge in [-0.2, -0.15) is 0 Å². The van der Waals surface area contributed by atoms with Crippen molar-refractivity contribution in [3.05, 3.63) is 22.8 Å². The van der Waals surface area contributed by atoms with Gasteiger partial charge in [0.05, 0.1) is 17.2 Å². The fraction of sp³-hybridized carbons (Fsp3) is 0.375. The van der Waals surface area contributed by atoms with Crippen LogP contribution in [0.25, 0.3) is 0 Å². The van der Waals surface area contributed by atoms with E-state index in [1.54, 1.807) is 6.92 Å². The molecule has 0 N–H and O–H groups in total. The van der Waals surface area contributed by atoms with Gasteiger partial charge in [-0.05, 0) is 6.92 Å². The molecule has 0 fully saturated rings. The van der Waals surface area contributed by atoms with Gasteiger partial charge in [0.1, 0.15) is 0 Å². The van der Waals surface area contributed by atoms with E-state index in [0.717, 1.165) is 0 Å². The van der Waals surface area contributed by atoms with Crippen LogP contribution in [0.3, 0.4) is 0 Å². The van der Waals surface area contributed by atoms with Crippen LogP contribution in [0.15, 0.2) is 0 Å². The van der Waals surface area contributed by atoms with Gasteiger partial charge in [-0.1, -0.05) is 0 Å². The summed E-state index contributed by atoms with van der Waals surface area (Å²) in [7, 11) is -3.07. The van der Waals surface area contributed by atoms with Crippen LogP contribution in [-0.2, 0) is 21.3 Å². The van der Waals surface area contributed by atoms with Crippen molar-refractivity contribution in [1.29, 1.82) is 0 Å². The molecule has 0 bridgehead atoms. The number of hydrogen-bond donors (Lipinski definition) is 0. The van der Waals surface area contributed by atoms with Gasteiger partial charge in [0.25, 0.3) is 0 Å². The summed E-state index contributed by atoms with van der Waals surface area (Å²) in [5.74, 6) is -0.0295. The first-order valence-electron chi connectivity index (χ1n) is 4.04. The molecule has 0 radical (unpaired) electrons. The molecule has 0 atom stereocenters. The average Bonchev–Trinajstić information content (AvgIpc) is 2.40. The maximum atomic E-state index is 11.3. The zero-order chi connectivity index (χ0) is 10.3. The smallest absolute Gasteiger partial charge is 0.193 e. The molecule has 5 nitrogen and oxygen atoms in total. The van der Waals surface area contributed by atoms with E-state index in [1.165, 1.54) is 0 Å². The number of hydrogen-bond acceptors (Lipinski definition) is 5. The lowest BCUT2D eigenvalue weighted by molar-refractivity contribution is 0.111. The number of aryl methyl sites for hydroxylation is 1. The van der Waals surface area contributed by atoms with Crippen molar-refractivity contribution in [2.45, 2.75) is 18.4 Å². The first kappa shape index (κ1) is 9.26. The van der Waals surface area contributed by atoms with Crippen LogP contribution in [0, 0.1) is 6.92 Å². The van der Waals surface area contributed by atoms with E-state index in [4.69, 9.17) is 0 Å². The van der Waals surface area contributed by atoms with Crippen molar-refractivity contribution < 1.29 is 13.2 Å². The second-order valence-electron chi connectivity index (χ2n) is 3.24. The summed E-state index contributed by atoms with van der Waals surface area (Å²) < 4.78 is 22.6. The molecule has 0 aromatic carbocycles. The van der Waals surface area contributed by atoms with E-state index in [0.29, 0.717) is 23.2 Å². The largest absolute Gasteiger partial charge is 0.294 e. The number of carbonyl (C=O) groups excluding carboxylic acids is 1. The third-order valence-electron chi connectivity index (χ3n) is 2.14. The molecule has 0 amide bonds. The molecule has 0 aliphatic carbocycles. The maximum Gasteiger partial charge on any atom is 0.193 e. The Kier molecular flexibility index (Phi) is 1.88. The van der Waals surface area contributed by atoms with Crippen LogP contribution < -0.4 is 0 Å². The summed E-state index contributed by atoms with van der Waals surface area (Å²) in [4.78, 5) is 18.2. The molecule has 6 heteroatoms. The summed E-state index contributed by atoms with van der Waals surface area (Å²) >= 11 is 0. The van der Waals surface area contributed by atoms with Gasteiger partial charge >= 0.3 is 0 Å². The van der Waals surface area contributed by atoms with Crippen LogP contribution in [0.5, 0.6) is 0 Å². The third kappa shape index (κ3) is 1.41. The molecule has 1 aromatic heterocycles. The number of carbonyl (C=O) groups is 1. The van der Waals surface area contributed by atoms with Crippen LogP contribution in [0.4, 0.5) is 0 Å². The van der Waals surface area contributed by atoms with Crippen LogP contribution in [0.1, 0.15) is 27.6 Å². The van der Waals surface area contributed by atoms with Gasteiger partial charge in [-0.3, -0.25) is 4.79 Å². The van der Waals surface area contributed by atoms with Gasteiger partial charge < -0.3 is 0 Å². The molecule has 2 rings (SSSR count). The van der Waals surface area contributed by atoms with E-state index in [9.17, 15) is 13.2 Å². The third-order valence-corrected chi connectivity index (χ3v) is 3.58. The number of aromatic nitrogens is 2. The molecule has 0 saturated carbocycles. The minimum Gasteiger partial charge on any atom is -0.294 e. The first-order valence-corrected chi connectivity index (χ1v) is 5.86. The minimum absolute atomic E-state index is 0.00664. The molecule has 1 aromatic rings. The Morgan fingerprint density at radius 3 is 2.64 bits per heavy atom. The highest BCUT2D eigenvalue weighted by Gasteiger charge is 2.28. The number of rotatable bonds is 1. The number of sulfone groups is 1. The summed E-state index contributed by atoms with van der Waals surface area (Å²) in [6.45, 7) is 1.69. The lowest BCUT2D eigenvalue weighted by Gasteiger charge is -2.00. The quantitative estimate of drug-likeness (QED) is 0.613. The maximum absolute atomic E-state index is 11.3. The molecule has 0 unspecified atom stereocenters. The summed E-state index contributed by atoms with van der Waals surface area (Å²) in [6.07, 6.45) is 0.526. The van der Waals surface area contributed by atoms with Gasteiger partial charge in [-0.25, -0.2) is 18.4 Å². The van der Waals surface area contributed by atoms with Crippen LogP contribution in [0.2, 0.25) is 0 Å². The van der Waals surface area contributed by atoms with Crippen LogP contribution >= 0.6 is 0 Å². The van der Waals surface area contributed by atoms with E-state index < -0.39 is 9.84 Å². The van der Waals surface area contributed by atoms with Gasteiger partial charge in [0.2, 0.25) is 0 Å². The molecule has 1 aliphatic heterocycles. The fourth-order valence-corrected chi connectivity index (χ4v) is 3.09. The highest BCUT2D eigenvalue weighted by atomic mass is 32.2. The van der Waals surface area contributed by atoms with E-state index in [-0.39, 0.29) is 17.3 Å². The lowest BCUT2D eigenvalue weighted by Crippen LogP contribution is -2.01. The fourth-order valence-electron chi connectivity index (χ4n) is 1.52. The molecule has 74 valence electrons. The Morgan fingerprint density at radius 2 is 2.00 bits per heavy atom. The summed E-state index contributed by atoms with van der Waals surface area (Å²) in [6, 6.07) is 0. The van der Waals surface area contributed by atoms with Crippen molar-refractivity contribution >= 4 is 16.1 Å². The Labute approximate surface area is 81.1 Å². The number of aldehydes is 1. The molecule has 1 aliphatic rings. The van der Waals surface area contributed by atoms with E-state index in [1.807, 2.05) is 0 Å². The SMILES string of the molecule is Cc1nc(C=O)nc2c1CS(=O)(=O)C2. The second-order valence-corrected chi connectivity index (χ2v) is 5.31. The second kappa shape index (κ2) is 2.84. The highest BCUT2D eigenvalue weighted by Crippen LogP contribution is 2.24. The van der Waals surface area contributed by atoms with E-state index in [2.05, 4.69) is 9.97 Å². The van der Waals surface area contributed by atoms with Crippen molar-refractivity contribution in [1.82, 2.24) is 9.97 Å².